The Bertz CT molecular complexity index is 512. The predicted octanol–water partition coefficient (Wildman–Crippen LogP) is 5.12. The van der Waals surface area contributed by atoms with Crippen molar-refractivity contribution in [3.8, 4) is 0 Å². The molecule has 2 rings (SSSR count). The molecule has 0 saturated heterocycles. The van der Waals surface area contributed by atoms with Crippen LogP contribution in [0, 0.1) is 11.6 Å². The minimum absolute atomic E-state index is 0.163. The summed E-state index contributed by atoms with van der Waals surface area (Å²) in [4.78, 5) is 0.776. The monoisotopic (exact) mass is 322 g/mol. The van der Waals surface area contributed by atoms with E-state index >= 15 is 0 Å². The third-order valence-electron chi connectivity index (χ3n) is 2.07. The maximum absolute atomic E-state index is 13.5. The molecule has 1 aromatic carbocycles. The van der Waals surface area contributed by atoms with Crippen LogP contribution in [0.4, 0.5) is 8.78 Å². The molecule has 1 heterocycles. The van der Waals surface area contributed by atoms with Crippen LogP contribution in [0.25, 0.3) is 0 Å². The molecule has 0 fully saturated rings. The molecule has 0 aliphatic carbocycles. The molecular formula is C11H6BrClF2S. The van der Waals surface area contributed by atoms with Gasteiger partial charge in [0.2, 0.25) is 0 Å². The van der Waals surface area contributed by atoms with Crippen LogP contribution >= 0.6 is 38.9 Å². The summed E-state index contributed by atoms with van der Waals surface area (Å²) in [5.74, 6) is -0.983. The Balaban J connectivity index is 2.40. The van der Waals surface area contributed by atoms with Crippen molar-refractivity contribution in [2.24, 2.45) is 0 Å². The third kappa shape index (κ3) is 2.44. The highest BCUT2D eigenvalue weighted by molar-refractivity contribution is 9.11. The third-order valence-corrected chi connectivity index (χ3v) is 4.36. The van der Waals surface area contributed by atoms with Gasteiger partial charge in [0.15, 0.2) is 0 Å². The summed E-state index contributed by atoms with van der Waals surface area (Å²) in [7, 11) is 0. The second-order valence-electron chi connectivity index (χ2n) is 3.17. The minimum Gasteiger partial charge on any atom is -0.207 e. The van der Waals surface area contributed by atoms with Crippen LogP contribution in [0.5, 0.6) is 0 Å². The Kier molecular flexibility index (Phi) is 3.62. The molecule has 16 heavy (non-hydrogen) atoms. The number of alkyl halides is 1. The van der Waals surface area contributed by atoms with E-state index in [-0.39, 0.29) is 5.56 Å². The van der Waals surface area contributed by atoms with Crippen LogP contribution in [-0.4, -0.2) is 0 Å². The molecule has 1 atom stereocenters. The molecular weight excluding hydrogens is 318 g/mol. The van der Waals surface area contributed by atoms with E-state index < -0.39 is 17.0 Å². The molecule has 0 N–H and O–H groups in total. The molecule has 0 amide bonds. The van der Waals surface area contributed by atoms with Gasteiger partial charge in [-0.1, -0.05) is 0 Å². The van der Waals surface area contributed by atoms with Crippen molar-refractivity contribution in [2.75, 3.05) is 0 Å². The molecule has 0 nitrogen and oxygen atoms in total. The number of benzene rings is 1. The summed E-state index contributed by atoms with van der Waals surface area (Å²) >= 11 is 10.8. The van der Waals surface area contributed by atoms with E-state index in [2.05, 4.69) is 15.9 Å². The fourth-order valence-corrected chi connectivity index (χ4v) is 3.12. The van der Waals surface area contributed by atoms with Gasteiger partial charge < -0.3 is 0 Å². The first-order chi connectivity index (χ1) is 7.58. The van der Waals surface area contributed by atoms with E-state index in [0.717, 1.165) is 26.9 Å². The van der Waals surface area contributed by atoms with Crippen molar-refractivity contribution < 1.29 is 8.78 Å². The van der Waals surface area contributed by atoms with Crippen LogP contribution in [0.15, 0.2) is 34.1 Å². The second kappa shape index (κ2) is 4.82. The Morgan fingerprint density at radius 3 is 2.56 bits per heavy atom. The van der Waals surface area contributed by atoms with E-state index in [4.69, 9.17) is 11.6 Å². The SMILES string of the molecule is Fc1ccc(F)c(C(Cl)c2ccc(Br)s2)c1. The Morgan fingerprint density at radius 1 is 1.19 bits per heavy atom. The van der Waals surface area contributed by atoms with Crippen molar-refractivity contribution in [3.05, 3.63) is 56.2 Å². The highest BCUT2D eigenvalue weighted by atomic mass is 79.9. The van der Waals surface area contributed by atoms with Crippen LogP contribution in [0.2, 0.25) is 0 Å². The van der Waals surface area contributed by atoms with Crippen LogP contribution in [0.3, 0.4) is 0 Å². The average molecular weight is 324 g/mol. The Labute approximate surface area is 109 Å². The van der Waals surface area contributed by atoms with Gasteiger partial charge in [-0.25, -0.2) is 8.78 Å². The molecule has 1 unspecified atom stereocenters. The van der Waals surface area contributed by atoms with Crippen molar-refractivity contribution in [1.82, 2.24) is 0 Å². The van der Waals surface area contributed by atoms with Gasteiger partial charge in [0, 0.05) is 10.4 Å². The number of halogens is 4. The van der Waals surface area contributed by atoms with Crippen LogP contribution in [-0.2, 0) is 0 Å². The van der Waals surface area contributed by atoms with Crippen molar-refractivity contribution >= 4 is 38.9 Å². The number of rotatable bonds is 2. The molecule has 0 spiro atoms. The maximum atomic E-state index is 13.5. The molecule has 0 saturated carbocycles. The van der Waals surface area contributed by atoms with E-state index in [0.29, 0.717) is 0 Å². The Morgan fingerprint density at radius 2 is 1.94 bits per heavy atom. The summed E-state index contributed by atoms with van der Waals surface area (Å²) in [5.41, 5.74) is 0.163. The van der Waals surface area contributed by atoms with Gasteiger partial charge in [-0.05, 0) is 46.3 Å². The number of hydrogen-bond acceptors (Lipinski definition) is 1. The minimum atomic E-state index is -0.660. The summed E-state index contributed by atoms with van der Waals surface area (Å²) in [6.07, 6.45) is 0. The first-order valence-corrected chi connectivity index (χ1v) is 6.47. The zero-order chi connectivity index (χ0) is 11.7. The highest BCUT2D eigenvalue weighted by Gasteiger charge is 2.17. The lowest BCUT2D eigenvalue weighted by molar-refractivity contribution is 0.587. The smallest absolute Gasteiger partial charge is 0.128 e. The molecule has 5 heteroatoms. The van der Waals surface area contributed by atoms with Crippen molar-refractivity contribution in [2.45, 2.75) is 5.38 Å². The standard InChI is InChI=1S/C11H6BrClF2S/c12-10-4-3-9(16-10)11(13)7-5-6(14)1-2-8(7)15/h1-5,11H. The maximum Gasteiger partial charge on any atom is 0.128 e. The topological polar surface area (TPSA) is 0 Å². The first kappa shape index (κ1) is 12.0. The number of hydrogen-bond donors (Lipinski definition) is 0. The quantitative estimate of drug-likeness (QED) is 0.673. The summed E-state index contributed by atoms with van der Waals surface area (Å²) in [6, 6.07) is 6.90. The van der Waals surface area contributed by atoms with E-state index in [9.17, 15) is 8.78 Å². The van der Waals surface area contributed by atoms with E-state index in [1.165, 1.54) is 11.3 Å². The van der Waals surface area contributed by atoms with Crippen LogP contribution < -0.4 is 0 Å². The van der Waals surface area contributed by atoms with Crippen molar-refractivity contribution in [1.29, 1.82) is 0 Å². The lowest BCUT2D eigenvalue weighted by atomic mass is 10.1. The summed E-state index contributed by atoms with van der Waals surface area (Å²) < 4.78 is 27.4. The van der Waals surface area contributed by atoms with Gasteiger partial charge in [0.05, 0.1) is 9.16 Å². The highest BCUT2D eigenvalue weighted by Crippen LogP contribution is 2.36. The molecule has 0 radical (unpaired) electrons. The summed E-state index contributed by atoms with van der Waals surface area (Å²) in [5, 5.41) is -0.660. The van der Waals surface area contributed by atoms with Crippen molar-refractivity contribution in [3.63, 3.8) is 0 Å². The van der Waals surface area contributed by atoms with E-state index in [1.807, 2.05) is 6.07 Å². The normalized spacial score (nSPS) is 12.8. The molecule has 84 valence electrons. The molecule has 0 bridgehead atoms. The largest absolute Gasteiger partial charge is 0.207 e. The summed E-state index contributed by atoms with van der Waals surface area (Å²) in [6.45, 7) is 0. The van der Waals surface area contributed by atoms with E-state index in [1.54, 1.807) is 6.07 Å². The van der Waals surface area contributed by atoms with Gasteiger partial charge in [-0.15, -0.1) is 22.9 Å². The second-order valence-corrected chi connectivity index (χ2v) is 6.10. The molecule has 2 aromatic rings. The molecule has 0 aliphatic heterocycles. The Hall–Kier alpha value is -0.450. The fraction of sp³-hybridized carbons (Fsp3) is 0.0909. The number of thiophene rings is 1. The van der Waals surface area contributed by atoms with Gasteiger partial charge in [0.25, 0.3) is 0 Å². The molecule has 0 aliphatic rings. The first-order valence-electron chi connectivity index (χ1n) is 4.42. The average Bonchev–Trinajstić information content (AvgIpc) is 2.67. The van der Waals surface area contributed by atoms with Gasteiger partial charge >= 0.3 is 0 Å². The van der Waals surface area contributed by atoms with Gasteiger partial charge in [0.1, 0.15) is 11.6 Å². The van der Waals surface area contributed by atoms with Gasteiger partial charge in [-0.2, -0.15) is 0 Å². The lowest BCUT2D eigenvalue weighted by Crippen LogP contribution is -1.95. The van der Waals surface area contributed by atoms with Crippen LogP contribution in [0.1, 0.15) is 15.8 Å². The molecule has 1 aromatic heterocycles. The zero-order valence-corrected chi connectivity index (χ0v) is 11.0. The zero-order valence-electron chi connectivity index (χ0n) is 7.88. The predicted molar refractivity (Wildman–Crippen MR) is 66.1 cm³/mol. The lowest BCUT2D eigenvalue weighted by Gasteiger charge is -2.08. The fourth-order valence-electron chi connectivity index (χ4n) is 1.33. The van der Waals surface area contributed by atoms with Gasteiger partial charge in [-0.3, -0.25) is 0 Å².